The Balaban J connectivity index is 2.45. The average molecular weight is 281 g/mol. The van der Waals surface area contributed by atoms with Crippen LogP contribution in [0.3, 0.4) is 0 Å². The van der Waals surface area contributed by atoms with E-state index < -0.39 is 24.2 Å². The van der Waals surface area contributed by atoms with Crippen molar-refractivity contribution in [2.75, 3.05) is 6.54 Å². The highest BCUT2D eigenvalue weighted by Crippen LogP contribution is 2.37. The van der Waals surface area contributed by atoms with E-state index in [1.165, 1.54) is 0 Å². The van der Waals surface area contributed by atoms with Gasteiger partial charge < -0.3 is 10.4 Å². The molecule has 0 heterocycles. The van der Waals surface area contributed by atoms with Gasteiger partial charge in [0.05, 0.1) is 12.0 Å². The van der Waals surface area contributed by atoms with Gasteiger partial charge in [-0.3, -0.25) is 0 Å². The van der Waals surface area contributed by atoms with Crippen LogP contribution in [0.5, 0.6) is 0 Å². The third kappa shape index (κ3) is 6.13. The molecule has 0 bridgehead atoms. The van der Waals surface area contributed by atoms with Crippen molar-refractivity contribution in [1.29, 1.82) is 0 Å². The summed E-state index contributed by atoms with van der Waals surface area (Å²) in [6.07, 6.45) is -1.90. The van der Waals surface area contributed by atoms with Crippen molar-refractivity contribution in [3.05, 3.63) is 0 Å². The maximum Gasteiger partial charge on any atom is 0.393 e. The number of hydrogen-bond acceptors (Lipinski definition) is 2. The minimum atomic E-state index is -4.13. The van der Waals surface area contributed by atoms with Gasteiger partial charge >= 0.3 is 6.18 Å². The molecule has 1 fully saturated rings. The summed E-state index contributed by atoms with van der Waals surface area (Å²) in [6, 6.07) is -0.539. The van der Waals surface area contributed by atoms with Gasteiger partial charge in [-0.25, -0.2) is 0 Å². The highest BCUT2D eigenvalue weighted by Gasteiger charge is 2.45. The highest BCUT2D eigenvalue weighted by molar-refractivity contribution is 4.86. The first-order valence-electron chi connectivity index (χ1n) is 7.08. The second-order valence-electron chi connectivity index (χ2n) is 6.87. The Morgan fingerprint density at radius 3 is 2.26 bits per heavy atom. The number of hydrogen-bond donors (Lipinski definition) is 2. The zero-order valence-electron chi connectivity index (χ0n) is 12.1. The quantitative estimate of drug-likeness (QED) is 0.826. The largest absolute Gasteiger partial charge is 0.393 e. The zero-order chi connectivity index (χ0) is 14.7. The molecule has 0 radical (unpaired) electrons. The summed E-state index contributed by atoms with van der Waals surface area (Å²) >= 11 is 0. The monoisotopic (exact) mass is 281 g/mol. The molecule has 0 aromatic heterocycles. The first kappa shape index (κ1) is 16.8. The minimum absolute atomic E-state index is 0.0168. The lowest BCUT2D eigenvalue weighted by molar-refractivity contribution is -0.189. The van der Waals surface area contributed by atoms with Gasteiger partial charge in [-0.15, -0.1) is 0 Å². The number of alkyl halides is 3. The molecule has 0 saturated heterocycles. The minimum Gasteiger partial charge on any atom is -0.392 e. The lowest BCUT2D eigenvalue weighted by Gasteiger charge is -2.34. The molecule has 2 N–H and O–H groups in total. The number of aliphatic hydroxyl groups is 1. The fraction of sp³-hybridized carbons (Fsp3) is 1.00. The molecular formula is C14H26F3NO. The van der Waals surface area contributed by atoms with Crippen LogP contribution in [0.25, 0.3) is 0 Å². The van der Waals surface area contributed by atoms with E-state index in [2.05, 4.69) is 5.32 Å². The van der Waals surface area contributed by atoms with Gasteiger partial charge in [-0.1, -0.05) is 33.6 Å². The summed E-state index contributed by atoms with van der Waals surface area (Å²) < 4.78 is 38.7. The van der Waals surface area contributed by atoms with Crippen LogP contribution in [-0.4, -0.2) is 30.0 Å². The fourth-order valence-electron chi connectivity index (χ4n) is 2.83. The summed E-state index contributed by atoms with van der Waals surface area (Å²) in [4.78, 5) is 0. The lowest BCUT2D eigenvalue weighted by Crippen LogP contribution is -2.47. The molecule has 1 aliphatic carbocycles. The number of aliphatic hydroxyl groups excluding tert-OH is 1. The van der Waals surface area contributed by atoms with Crippen molar-refractivity contribution in [3.63, 3.8) is 0 Å². The molecule has 0 aliphatic heterocycles. The Morgan fingerprint density at radius 2 is 1.74 bits per heavy atom. The first-order chi connectivity index (χ1) is 8.59. The van der Waals surface area contributed by atoms with Crippen LogP contribution < -0.4 is 5.32 Å². The molecule has 19 heavy (non-hydrogen) atoms. The molecule has 3 atom stereocenters. The number of rotatable bonds is 4. The maximum absolute atomic E-state index is 12.9. The molecule has 0 aromatic carbocycles. The van der Waals surface area contributed by atoms with Crippen LogP contribution >= 0.6 is 0 Å². The van der Waals surface area contributed by atoms with E-state index in [4.69, 9.17) is 0 Å². The van der Waals surface area contributed by atoms with Crippen LogP contribution in [0.1, 0.15) is 52.9 Å². The van der Waals surface area contributed by atoms with Crippen molar-refractivity contribution in [2.24, 2.45) is 11.3 Å². The molecule has 1 saturated carbocycles. The SMILES string of the molecule is CC(C)(C)CC(O)CNC1CCCCC1C(F)(F)F. The lowest BCUT2D eigenvalue weighted by atomic mass is 9.83. The fourth-order valence-corrected chi connectivity index (χ4v) is 2.83. The summed E-state index contributed by atoms with van der Waals surface area (Å²) in [5, 5.41) is 12.8. The van der Waals surface area contributed by atoms with Gasteiger partial charge in [0.15, 0.2) is 0 Å². The summed E-state index contributed by atoms with van der Waals surface area (Å²) in [6.45, 7) is 6.27. The highest BCUT2D eigenvalue weighted by atomic mass is 19.4. The Morgan fingerprint density at radius 1 is 1.16 bits per heavy atom. The topological polar surface area (TPSA) is 32.3 Å². The van der Waals surface area contributed by atoms with E-state index in [0.717, 1.165) is 6.42 Å². The van der Waals surface area contributed by atoms with Crippen LogP contribution in [0.4, 0.5) is 13.2 Å². The maximum atomic E-state index is 12.9. The van der Waals surface area contributed by atoms with Crippen LogP contribution in [0, 0.1) is 11.3 Å². The van der Waals surface area contributed by atoms with Gasteiger partial charge in [0.2, 0.25) is 0 Å². The summed E-state index contributed by atoms with van der Waals surface area (Å²) in [5.41, 5.74) is -0.0168. The predicted molar refractivity (Wildman–Crippen MR) is 69.9 cm³/mol. The second-order valence-corrected chi connectivity index (χ2v) is 6.87. The summed E-state index contributed by atoms with van der Waals surface area (Å²) in [5.74, 6) is -1.26. The van der Waals surface area contributed by atoms with E-state index >= 15 is 0 Å². The summed E-state index contributed by atoms with van der Waals surface area (Å²) in [7, 11) is 0. The molecule has 5 heteroatoms. The molecule has 3 unspecified atom stereocenters. The molecule has 0 spiro atoms. The van der Waals surface area contributed by atoms with Crippen LogP contribution in [0.2, 0.25) is 0 Å². The van der Waals surface area contributed by atoms with Crippen molar-refractivity contribution in [1.82, 2.24) is 5.32 Å². The van der Waals surface area contributed by atoms with Crippen LogP contribution in [-0.2, 0) is 0 Å². The van der Waals surface area contributed by atoms with Gasteiger partial charge in [0, 0.05) is 12.6 Å². The smallest absolute Gasteiger partial charge is 0.392 e. The molecule has 1 aliphatic rings. The molecule has 0 aromatic rings. The predicted octanol–water partition coefficient (Wildman–Crippen LogP) is 3.49. The van der Waals surface area contributed by atoms with E-state index in [-0.39, 0.29) is 18.4 Å². The first-order valence-corrected chi connectivity index (χ1v) is 7.08. The van der Waals surface area contributed by atoms with Gasteiger partial charge in [0.25, 0.3) is 0 Å². The van der Waals surface area contributed by atoms with Crippen molar-refractivity contribution < 1.29 is 18.3 Å². The molecule has 114 valence electrons. The Labute approximate surface area is 113 Å². The van der Waals surface area contributed by atoms with Gasteiger partial charge in [-0.05, 0) is 24.7 Å². The van der Waals surface area contributed by atoms with E-state index in [9.17, 15) is 18.3 Å². The molecule has 2 nitrogen and oxygen atoms in total. The molecule has 1 rings (SSSR count). The standard InChI is InChI=1S/C14H26F3NO/c1-13(2,3)8-10(19)9-18-12-7-5-4-6-11(12)14(15,16)17/h10-12,18-19H,4-9H2,1-3H3. The van der Waals surface area contributed by atoms with Crippen molar-refractivity contribution in [3.8, 4) is 0 Å². The van der Waals surface area contributed by atoms with E-state index in [1.807, 2.05) is 20.8 Å². The average Bonchev–Trinajstić information content (AvgIpc) is 2.23. The van der Waals surface area contributed by atoms with Gasteiger partial charge in [0.1, 0.15) is 0 Å². The second kappa shape index (κ2) is 6.44. The van der Waals surface area contributed by atoms with E-state index in [1.54, 1.807) is 0 Å². The van der Waals surface area contributed by atoms with Gasteiger partial charge in [-0.2, -0.15) is 13.2 Å². The molecular weight excluding hydrogens is 255 g/mol. The van der Waals surface area contributed by atoms with E-state index in [0.29, 0.717) is 19.3 Å². The zero-order valence-corrected chi connectivity index (χ0v) is 12.1. The third-order valence-electron chi connectivity index (χ3n) is 3.65. The Hall–Kier alpha value is -0.290. The normalized spacial score (nSPS) is 27.3. The Kier molecular flexibility index (Phi) is 5.68. The van der Waals surface area contributed by atoms with Crippen molar-refractivity contribution in [2.45, 2.75) is 71.2 Å². The van der Waals surface area contributed by atoms with Crippen molar-refractivity contribution >= 4 is 0 Å². The molecule has 0 amide bonds. The number of halogens is 3. The third-order valence-corrected chi connectivity index (χ3v) is 3.65. The number of nitrogens with one attached hydrogen (secondary N) is 1. The van der Waals surface area contributed by atoms with Crippen LogP contribution in [0.15, 0.2) is 0 Å². The Bertz CT molecular complexity index is 273.